The first kappa shape index (κ1) is 21.7. The molecule has 1 atom stereocenters. The summed E-state index contributed by atoms with van der Waals surface area (Å²) in [5.74, 6) is -0.415. The number of oxime groups is 1. The number of hydrogen-bond donors (Lipinski definition) is 0. The fraction of sp³-hybridized carbons (Fsp3) is 0.429. The van der Waals surface area contributed by atoms with Gasteiger partial charge in [-0.05, 0) is 56.0 Å². The van der Waals surface area contributed by atoms with Crippen LogP contribution in [-0.4, -0.2) is 36.3 Å². The summed E-state index contributed by atoms with van der Waals surface area (Å²) in [6.45, 7) is 4.07. The van der Waals surface area contributed by atoms with Gasteiger partial charge in [-0.25, -0.2) is 0 Å². The molecule has 0 bridgehead atoms. The predicted molar refractivity (Wildman–Crippen MR) is 104 cm³/mol. The molecule has 1 aromatic carbocycles. The third-order valence-electron chi connectivity index (χ3n) is 4.73. The van der Waals surface area contributed by atoms with E-state index < -0.39 is 6.36 Å². The number of hydrogen-bond acceptors (Lipinski definition) is 5. The number of rotatable bonds is 6. The second-order valence-corrected chi connectivity index (χ2v) is 7.09. The highest BCUT2D eigenvalue weighted by Gasteiger charge is 2.31. The highest BCUT2D eigenvalue weighted by atomic mass is 19.4. The molecule has 3 rings (SSSR count). The fourth-order valence-electron chi connectivity index (χ4n) is 3.71. The maximum atomic E-state index is 12.5. The molecule has 0 aliphatic heterocycles. The molecule has 0 radical (unpaired) electrons. The van der Waals surface area contributed by atoms with Crippen molar-refractivity contribution in [2.45, 2.75) is 39.5 Å². The molecule has 30 heavy (non-hydrogen) atoms. The van der Waals surface area contributed by atoms with Gasteiger partial charge in [0.1, 0.15) is 12.9 Å². The highest BCUT2D eigenvalue weighted by molar-refractivity contribution is 6.03. The van der Waals surface area contributed by atoms with Crippen molar-refractivity contribution in [1.82, 2.24) is 4.57 Å². The van der Waals surface area contributed by atoms with Crippen molar-refractivity contribution < 1.29 is 32.3 Å². The summed E-state index contributed by atoms with van der Waals surface area (Å²) < 4.78 is 48.4. The second-order valence-electron chi connectivity index (χ2n) is 7.09. The topological polar surface area (TPSA) is 62.0 Å². The largest absolute Gasteiger partial charge is 0.573 e. The average Bonchev–Trinajstić information content (AvgIpc) is 2.99. The summed E-state index contributed by atoms with van der Waals surface area (Å²) >= 11 is 0. The molecule has 1 aliphatic rings. The molecular formula is C21H23F3N2O4. The molecular weight excluding hydrogens is 401 g/mol. The Morgan fingerprint density at radius 3 is 2.53 bits per heavy atom. The Bertz CT molecular complexity index is 933. The number of benzene rings is 1. The van der Waals surface area contributed by atoms with Gasteiger partial charge >= 0.3 is 12.3 Å². The predicted octanol–water partition coefficient (Wildman–Crippen LogP) is 4.41. The summed E-state index contributed by atoms with van der Waals surface area (Å²) in [6.07, 6.45) is -3.29. The number of esters is 1. The molecule has 0 fully saturated rings. The molecule has 0 amide bonds. The van der Waals surface area contributed by atoms with E-state index in [9.17, 15) is 18.0 Å². The first-order valence-electron chi connectivity index (χ1n) is 9.57. The van der Waals surface area contributed by atoms with E-state index in [0.29, 0.717) is 11.4 Å². The lowest BCUT2D eigenvalue weighted by Crippen LogP contribution is -2.21. The van der Waals surface area contributed by atoms with Gasteiger partial charge in [0.2, 0.25) is 0 Å². The van der Waals surface area contributed by atoms with E-state index in [2.05, 4.69) is 16.8 Å². The molecule has 0 N–H and O–H groups in total. The standard InChI is InChI=1S/C21H23F3N2O4/c1-4-29-20(27)12-15-11-17-18(25-28-3)9-13(2)10-19(17)26(15)14-5-7-16(8-6-14)30-21(22,23)24/h5-8,11,13H,4,9-10,12H2,1-3H3/b25-18-/t13-/m1/s1. The van der Waals surface area contributed by atoms with Crippen molar-refractivity contribution in [3.8, 4) is 11.4 Å². The molecule has 162 valence electrons. The Kier molecular flexibility index (Phi) is 6.38. The maximum absolute atomic E-state index is 12.5. The van der Waals surface area contributed by atoms with Crippen molar-refractivity contribution in [3.05, 3.63) is 47.3 Å². The highest BCUT2D eigenvalue weighted by Crippen LogP contribution is 2.33. The lowest BCUT2D eigenvalue weighted by Gasteiger charge is -2.23. The van der Waals surface area contributed by atoms with Crippen LogP contribution < -0.4 is 4.74 Å². The molecule has 0 spiro atoms. The van der Waals surface area contributed by atoms with E-state index in [0.717, 1.165) is 29.8 Å². The van der Waals surface area contributed by atoms with E-state index in [1.54, 1.807) is 6.92 Å². The Hall–Kier alpha value is -2.97. The lowest BCUT2D eigenvalue weighted by atomic mass is 9.87. The molecule has 1 aliphatic carbocycles. The summed E-state index contributed by atoms with van der Waals surface area (Å²) in [5.41, 5.74) is 3.85. The Labute approximate surface area is 172 Å². The maximum Gasteiger partial charge on any atom is 0.573 e. The van der Waals surface area contributed by atoms with E-state index in [-0.39, 0.29) is 30.7 Å². The van der Waals surface area contributed by atoms with E-state index >= 15 is 0 Å². The van der Waals surface area contributed by atoms with Crippen LogP contribution in [-0.2, 0) is 27.2 Å². The zero-order chi connectivity index (χ0) is 21.9. The SMILES string of the molecule is CCOC(=O)Cc1cc2c(n1-c1ccc(OC(F)(F)F)cc1)C[C@H](C)C/C2=N/OC. The van der Waals surface area contributed by atoms with Crippen molar-refractivity contribution >= 4 is 11.7 Å². The number of ether oxygens (including phenoxy) is 2. The molecule has 0 saturated heterocycles. The van der Waals surface area contributed by atoms with E-state index in [4.69, 9.17) is 9.57 Å². The minimum absolute atomic E-state index is 0.0241. The molecule has 1 aromatic heterocycles. The number of nitrogens with zero attached hydrogens (tertiary/aromatic N) is 2. The fourth-order valence-corrected chi connectivity index (χ4v) is 3.71. The molecule has 0 saturated carbocycles. The molecule has 9 heteroatoms. The molecule has 2 aromatic rings. The Morgan fingerprint density at radius 1 is 1.23 bits per heavy atom. The molecule has 1 heterocycles. The van der Waals surface area contributed by atoms with Gasteiger partial charge in [-0.3, -0.25) is 4.79 Å². The zero-order valence-corrected chi connectivity index (χ0v) is 17.0. The monoisotopic (exact) mass is 424 g/mol. The van der Waals surface area contributed by atoms with Crippen molar-refractivity contribution in [2.75, 3.05) is 13.7 Å². The van der Waals surface area contributed by atoms with Crippen LogP contribution in [0.2, 0.25) is 0 Å². The number of carbonyl (C=O) groups excluding carboxylic acids is 1. The molecule has 0 unspecified atom stereocenters. The van der Waals surface area contributed by atoms with E-state index in [1.165, 1.54) is 31.4 Å². The number of halogens is 3. The first-order valence-corrected chi connectivity index (χ1v) is 9.57. The van der Waals surface area contributed by atoms with Crippen LogP contribution in [0.4, 0.5) is 13.2 Å². The minimum atomic E-state index is -4.76. The van der Waals surface area contributed by atoms with Crippen molar-refractivity contribution in [3.63, 3.8) is 0 Å². The van der Waals surface area contributed by atoms with Crippen LogP contribution >= 0.6 is 0 Å². The summed E-state index contributed by atoms with van der Waals surface area (Å²) in [6, 6.07) is 7.43. The van der Waals surface area contributed by atoms with Crippen LogP contribution in [0.1, 0.15) is 37.2 Å². The van der Waals surface area contributed by atoms with Gasteiger partial charge in [0, 0.05) is 22.6 Å². The molecule has 6 nitrogen and oxygen atoms in total. The number of fused-ring (bicyclic) bond motifs is 1. The third kappa shape index (κ3) is 4.95. The van der Waals surface area contributed by atoms with Crippen LogP contribution in [0.5, 0.6) is 5.75 Å². The number of aromatic nitrogens is 1. The average molecular weight is 424 g/mol. The van der Waals surface area contributed by atoms with Gasteiger partial charge in [0.25, 0.3) is 0 Å². The van der Waals surface area contributed by atoms with Gasteiger partial charge in [-0.15, -0.1) is 13.2 Å². The number of carbonyl (C=O) groups is 1. The van der Waals surface area contributed by atoms with Crippen LogP contribution in [0.3, 0.4) is 0 Å². The Morgan fingerprint density at radius 2 is 1.93 bits per heavy atom. The van der Waals surface area contributed by atoms with Crippen LogP contribution in [0.25, 0.3) is 5.69 Å². The van der Waals surface area contributed by atoms with Crippen LogP contribution in [0, 0.1) is 5.92 Å². The normalized spacial score (nSPS) is 17.5. The van der Waals surface area contributed by atoms with Gasteiger partial charge in [-0.1, -0.05) is 12.1 Å². The van der Waals surface area contributed by atoms with E-state index in [1.807, 2.05) is 10.6 Å². The van der Waals surface area contributed by atoms with Crippen molar-refractivity contribution in [2.24, 2.45) is 11.1 Å². The summed E-state index contributed by atoms with van der Waals surface area (Å²) in [7, 11) is 1.47. The van der Waals surface area contributed by atoms with Gasteiger partial charge in [0.05, 0.1) is 18.7 Å². The first-order chi connectivity index (χ1) is 14.2. The zero-order valence-electron chi connectivity index (χ0n) is 17.0. The van der Waals surface area contributed by atoms with Crippen molar-refractivity contribution in [1.29, 1.82) is 0 Å². The summed E-state index contributed by atoms with van der Waals surface area (Å²) in [4.78, 5) is 17.1. The van der Waals surface area contributed by atoms with Gasteiger partial charge < -0.3 is 18.9 Å². The van der Waals surface area contributed by atoms with Gasteiger partial charge in [-0.2, -0.15) is 0 Å². The third-order valence-corrected chi connectivity index (χ3v) is 4.73. The second kappa shape index (κ2) is 8.81. The smallest absolute Gasteiger partial charge is 0.466 e. The lowest BCUT2D eigenvalue weighted by molar-refractivity contribution is -0.274. The van der Waals surface area contributed by atoms with Gasteiger partial charge in [0.15, 0.2) is 0 Å². The summed E-state index contributed by atoms with van der Waals surface area (Å²) in [5, 5.41) is 4.14. The van der Waals surface area contributed by atoms with Crippen LogP contribution in [0.15, 0.2) is 35.5 Å². The quantitative estimate of drug-likeness (QED) is 0.509. The minimum Gasteiger partial charge on any atom is -0.466 e. The Balaban J connectivity index is 2.07. The number of alkyl halides is 3.